The predicted octanol–water partition coefficient (Wildman–Crippen LogP) is 3.48. The van der Waals surface area contributed by atoms with Crippen molar-refractivity contribution in [2.75, 3.05) is 0 Å². The molecule has 0 nitrogen and oxygen atoms in total. The molecule has 10 heavy (non-hydrogen) atoms. The lowest BCUT2D eigenvalue weighted by Crippen LogP contribution is -1.66. The summed E-state index contributed by atoms with van der Waals surface area (Å²) in [6, 6.07) is 0. The third-order valence-electron chi connectivity index (χ3n) is 1.22. The Hall–Kier alpha value is -0.780. The van der Waals surface area contributed by atoms with Crippen LogP contribution in [0.3, 0.4) is 0 Å². The fraction of sp³-hybridized carbons (Fsp3) is 0.400. The first kappa shape index (κ1) is 9.22. The zero-order valence-electron chi connectivity index (χ0n) is 6.93. The zero-order chi connectivity index (χ0) is 7.82. The molecule has 0 fully saturated rings. The van der Waals surface area contributed by atoms with Gasteiger partial charge in [-0.05, 0) is 13.3 Å². The summed E-state index contributed by atoms with van der Waals surface area (Å²) in [4.78, 5) is 0. The van der Waals surface area contributed by atoms with E-state index in [-0.39, 0.29) is 0 Å². The molecule has 0 heterocycles. The highest BCUT2D eigenvalue weighted by molar-refractivity contribution is 5.20. The molecule has 0 aromatic carbocycles. The van der Waals surface area contributed by atoms with Crippen LogP contribution in [-0.2, 0) is 0 Å². The summed E-state index contributed by atoms with van der Waals surface area (Å²) < 4.78 is 0. The van der Waals surface area contributed by atoms with Gasteiger partial charge in [0.05, 0.1) is 0 Å². The Morgan fingerprint density at radius 1 is 1.50 bits per heavy atom. The van der Waals surface area contributed by atoms with E-state index >= 15 is 0 Å². The highest BCUT2D eigenvalue weighted by atomic mass is 13.8. The van der Waals surface area contributed by atoms with Crippen molar-refractivity contribution in [2.45, 2.75) is 26.7 Å². The highest BCUT2D eigenvalue weighted by Gasteiger charge is 1.76. The molecule has 0 N–H and O–H groups in total. The number of hydrogen-bond donors (Lipinski definition) is 0. The molecule has 0 saturated carbocycles. The largest absolute Gasteiger partial charge is 0.0991 e. The minimum atomic E-state index is 1.17. The molecule has 0 heteroatoms. The first-order valence-corrected chi connectivity index (χ1v) is 3.77. The van der Waals surface area contributed by atoms with Gasteiger partial charge in [-0.3, -0.25) is 0 Å². The maximum atomic E-state index is 3.62. The SMILES string of the molecule is C=CC=C(C)C=CCCC. The Bertz CT molecular complexity index is 138. The second-order valence-corrected chi connectivity index (χ2v) is 2.34. The zero-order valence-corrected chi connectivity index (χ0v) is 6.93. The molecule has 0 aromatic heterocycles. The van der Waals surface area contributed by atoms with E-state index in [0.29, 0.717) is 0 Å². The Balaban J connectivity index is 3.65. The first-order chi connectivity index (χ1) is 4.81. The second kappa shape index (κ2) is 6.34. The van der Waals surface area contributed by atoms with Gasteiger partial charge in [-0.2, -0.15) is 0 Å². The third kappa shape index (κ3) is 5.36. The Kier molecular flexibility index (Phi) is 5.85. The van der Waals surface area contributed by atoms with Crippen LogP contribution in [0.15, 0.2) is 36.5 Å². The molecule has 0 bridgehead atoms. The van der Waals surface area contributed by atoms with Crippen molar-refractivity contribution in [1.29, 1.82) is 0 Å². The number of rotatable bonds is 4. The molecule has 0 rings (SSSR count). The summed E-state index contributed by atoms with van der Waals surface area (Å²) in [7, 11) is 0. The quantitative estimate of drug-likeness (QED) is 0.519. The summed E-state index contributed by atoms with van der Waals surface area (Å²) in [5.74, 6) is 0. The van der Waals surface area contributed by atoms with E-state index < -0.39 is 0 Å². The smallest absolute Gasteiger partial charge is 0.0350 e. The molecule has 0 unspecified atom stereocenters. The van der Waals surface area contributed by atoms with Gasteiger partial charge in [0, 0.05) is 0 Å². The van der Waals surface area contributed by atoms with E-state index in [1.807, 2.05) is 12.2 Å². The lowest BCUT2D eigenvalue weighted by molar-refractivity contribution is 0.957. The Labute approximate surface area is 64.0 Å². The molecule has 0 aliphatic heterocycles. The summed E-state index contributed by atoms with van der Waals surface area (Å²) in [5, 5.41) is 0. The average Bonchev–Trinajstić information content (AvgIpc) is 1.89. The van der Waals surface area contributed by atoms with Gasteiger partial charge >= 0.3 is 0 Å². The van der Waals surface area contributed by atoms with Gasteiger partial charge in [-0.1, -0.05) is 49.8 Å². The summed E-state index contributed by atoms with van der Waals surface area (Å²) >= 11 is 0. The summed E-state index contributed by atoms with van der Waals surface area (Å²) in [5.41, 5.74) is 1.27. The van der Waals surface area contributed by atoms with Crippen LogP contribution < -0.4 is 0 Å². The van der Waals surface area contributed by atoms with Crippen molar-refractivity contribution in [2.24, 2.45) is 0 Å². The normalized spacial score (nSPS) is 12.4. The minimum absolute atomic E-state index is 1.17. The van der Waals surface area contributed by atoms with Crippen LogP contribution in [0.1, 0.15) is 26.7 Å². The van der Waals surface area contributed by atoms with Crippen LogP contribution in [0.2, 0.25) is 0 Å². The maximum Gasteiger partial charge on any atom is -0.0350 e. The summed E-state index contributed by atoms with van der Waals surface area (Å²) in [6.07, 6.45) is 10.5. The number of unbranched alkanes of at least 4 members (excludes halogenated alkanes) is 1. The van der Waals surface area contributed by atoms with E-state index in [9.17, 15) is 0 Å². The van der Waals surface area contributed by atoms with E-state index in [1.165, 1.54) is 18.4 Å². The molecule has 0 radical (unpaired) electrons. The van der Waals surface area contributed by atoms with Crippen LogP contribution in [0.4, 0.5) is 0 Å². The van der Waals surface area contributed by atoms with Crippen LogP contribution in [0.5, 0.6) is 0 Å². The average molecular weight is 136 g/mol. The predicted molar refractivity (Wildman–Crippen MR) is 48.0 cm³/mol. The van der Waals surface area contributed by atoms with Gasteiger partial charge in [0.15, 0.2) is 0 Å². The van der Waals surface area contributed by atoms with E-state index in [0.717, 1.165) is 0 Å². The van der Waals surface area contributed by atoms with Crippen molar-refractivity contribution in [3.8, 4) is 0 Å². The highest BCUT2D eigenvalue weighted by Crippen LogP contribution is 1.97. The molecule has 0 spiro atoms. The van der Waals surface area contributed by atoms with E-state index in [2.05, 4.69) is 32.6 Å². The molecule has 0 aliphatic carbocycles. The molecule has 0 atom stereocenters. The van der Waals surface area contributed by atoms with Gasteiger partial charge in [-0.15, -0.1) is 0 Å². The minimum Gasteiger partial charge on any atom is -0.0991 e. The van der Waals surface area contributed by atoms with Crippen LogP contribution in [0, 0.1) is 0 Å². The molecule has 0 aromatic rings. The van der Waals surface area contributed by atoms with Gasteiger partial charge in [0.2, 0.25) is 0 Å². The molecular formula is C10H16. The standard InChI is InChI=1S/C10H16/c1-4-6-7-9-10(3)8-5-2/h5,7-9H,2,4,6H2,1,3H3. The second-order valence-electron chi connectivity index (χ2n) is 2.34. The van der Waals surface area contributed by atoms with Crippen molar-refractivity contribution < 1.29 is 0 Å². The van der Waals surface area contributed by atoms with Gasteiger partial charge in [0.25, 0.3) is 0 Å². The van der Waals surface area contributed by atoms with Crippen molar-refractivity contribution in [3.63, 3.8) is 0 Å². The van der Waals surface area contributed by atoms with Gasteiger partial charge in [0.1, 0.15) is 0 Å². The van der Waals surface area contributed by atoms with Crippen molar-refractivity contribution in [3.05, 3.63) is 36.5 Å². The lowest BCUT2D eigenvalue weighted by atomic mass is 10.2. The third-order valence-corrected chi connectivity index (χ3v) is 1.22. The van der Waals surface area contributed by atoms with Crippen LogP contribution >= 0.6 is 0 Å². The molecule has 0 aliphatic rings. The number of hydrogen-bond acceptors (Lipinski definition) is 0. The Morgan fingerprint density at radius 3 is 2.70 bits per heavy atom. The molecule has 0 saturated heterocycles. The topological polar surface area (TPSA) is 0 Å². The van der Waals surface area contributed by atoms with Gasteiger partial charge < -0.3 is 0 Å². The van der Waals surface area contributed by atoms with Crippen molar-refractivity contribution >= 4 is 0 Å². The molecule has 56 valence electrons. The lowest BCUT2D eigenvalue weighted by Gasteiger charge is -1.87. The maximum absolute atomic E-state index is 3.62. The monoisotopic (exact) mass is 136 g/mol. The first-order valence-electron chi connectivity index (χ1n) is 3.77. The van der Waals surface area contributed by atoms with E-state index in [1.54, 1.807) is 0 Å². The van der Waals surface area contributed by atoms with Crippen molar-refractivity contribution in [1.82, 2.24) is 0 Å². The fourth-order valence-electron chi connectivity index (χ4n) is 0.677. The van der Waals surface area contributed by atoms with Crippen LogP contribution in [-0.4, -0.2) is 0 Å². The summed E-state index contributed by atoms with van der Waals surface area (Å²) in [6.45, 7) is 7.87. The number of allylic oxidation sites excluding steroid dienone is 5. The molecule has 0 amide bonds. The molecular weight excluding hydrogens is 120 g/mol. The Morgan fingerprint density at radius 2 is 2.20 bits per heavy atom. The fourth-order valence-corrected chi connectivity index (χ4v) is 0.677. The van der Waals surface area contributed by atoms with E-state index in [4.69, 9.17) is 0 Å². The van der Waals surface area contributed by atoms with Crippen LogP contribution in [0.25, 0.3) is 0 Å². The van der Waals surface area contributed by atoms with Gasteiger partial charge in [-0.25, -0.2) is 0 Å².